The molecule has 0 saturated carbocycles. The molecule has 64 valence electrons. The standard InChI is InChI=1S/C6H8O2S.C2H6/c1-7-5-3-9-4-6(5)8-2;1-2/h3-4H,1-2H3;1-2H3. The van der Waals surface area contributed by atoms with Gasteiger partial charge in [-0.1, -0.05) is 13.8 Å². The minimum atomic E-state index is 0.808. The highest BCUT2D eigenvalue weighted by Crippen LogP contribution is 2.30. The molecule has 0 aromatic carbocycles. The van der Waals surface area contributed by atoms with E-state index in [9.17, 15) is 0 Å². The highest BCUT2D eigenvalue weighted by atomic mass is 32.1. The van der Waals surface area contributed by atoms with Crippen molar-refractivity contribution in [3.8, 4) is 11.5 Å². The van der Waals surface area contributed by atoms with Gasteiger partial charge in [0.1, 0.15) is 0 Å². The molecule has 2 nitrogen and oxygen atoms in total. The molecule has 0 bridgehead atoms. The van der Waals surface area contributed by atoms with E-state index in [4.69, 9.17) is 9.47 Å². The van der Waals surface area contributed by atoms with E-state index in [1.165, 1.54) is 0 Å². The van der Waals surface area contributed by atoms with Crippen LogP contribution in [0.25, 0.3) is 0 Å². The molecule has 1 rings (SSSR count). The summed E-state index contributed by atoms with van der Waals surface area (Å²) in [6.07, 6.45) is 0. The normalized spacial score (nSPS) is 8.00. The summed E-state index contributed by atoms with van der Waals surface area (Å²) in [7, 11) is 3.26. The van der Waals surface area contributed by atoms with Gasteiger partial charge in [0.2, 0.25) is 0 Å². The maximum atomic E-state index is 4.96. The summed E-state index contributed by atoms with van der Waals surface area (Å²) in [6.45, 7) is 4.00. The second kappa shape index (κ2) is 6.04. The van der Waals surface area contributed by atoms with E-state index in [1.54, 1.807) is 25.6 Å². The smallest absolute Gasteiger partial charge is 0.171 e. The number of thiophene rings is 1. The Morgan fingerprint density at radius 2 is 1.36 bits per heavy atom. The first kappa shape index (κ1) is 10.3. The number of hydrogen-bond acceptors (Lipinski definition) is 3. The fourth-order valence-corrected chi connectivity index (χ4v) is 1.31. The maximum absolute atomic E-state index is 4.96. The molecule has 3 heteroatoms. The Labute approximate surface area is 71.8 Å². The van der Waals surface area contributed by atoms with Gasteiger partial charge in [-0.05, 0) is 0 Å². The van der Waals surface area contributed by atoms with E-state index in [0.29, 0.717) is 0 Å². The molecule has 0 radical (unpaired) electrons. The molecule has 0 amide bonds. The maximum Gasteiger partial charge on any atom is 0.171 e. The minimum absolute atomic E-state index is 0.808. The summed E-state index contributed by atoms with van der Waals surface area (Å²) in [6, 6.07) is 0. The van der Waals surface area contributed by atoms with Gasteiger partial charge >= 0.3 is 0 Å². The molecule has 0 N–H and O–H groups in total. The predicted molar refractivity (Wildman–Crippen MR) is 48.8 cm³/mol. The third-order valence-corrected chi connectivity index (χ3v) is 1.73. The second-order valence-electron chi connectivity index (χ2n) is 1.51. The summed E-state index contributed by atoms with van der Waals surface area (Å²) in [5.41, 5.74) is 0. The van der Waals surface area contributed by atoms with Crippen molar-refractivity contribution in [1.29, 1.82) is 0 Å². The van der Waals surface area contributed by atoms with Crippen LogP contribution in [0.1, 0.15) is 13.8 Å². The van der Waals surface area contributed by atoms with Crippen molar-refractivity contribution in [2.24, 2.45) is 0 Å². The average molecular weight is 174 g/mol. The van der Waals surface area contributed by atoms with Crippen molar-refractivity contribution >= 4 is 11.3 Å². The zero-order valence-electron chi connectivity index (χ0n) is 7.38. The van der Waals surface area contributed by atoms with E-state index in [-0.39, 0.29) is 0 Å². The lowest BCUT2D eigenvalue weighted by Crippen LogP contribution is -1.84. The van der Waals surface area contributed by atoms with Crippen molar-refractivity contribution in [1.82, 2.24) is 0 Å². The first-order valence-corrected chi connectivity index (χ1v) is 4.47. The Hall–Kier alpha value is -0.700. The van der Waals surface area contributed by atoms with Gasteiger partial charge in [-0.3, -0.25) is 0 Å². The van der Waals surface area contributed by atoms with Crippen LogP contribution in [0.3, 0.4) is 0 Å². The number of hydrogen-bond donors (Lipinski definition) is 0. The molecule has 0 saturated heterocycles. The molecule has 1 aromatic rings. The second-order valence-corrected chi connectivity index (χ2v) is 2.25. The van der Waals surface area contributed by atoms with Crippen LogP contribution >= 0.6 is 11.3 Å². The molecule has 1 aromatic heterocycles. The van der Waals surface area contributed by atoms with Gasteiger partial charge in [0.05, 0.1) is 14.2 Å². The van der Waals surface area contributed by atoms with Gasteiger partial charge in [0.25, 0.3) is 0 Å². The van der Waals surface area contributed by atoms with Crippen molar-refractivity contribution in [2.45, 2.75) is 13.8 Å². The Morgan fingerprint density at radius 1 is 1.00 bits per heavy atom. The average Bonchev–Trinajstić information content (AvgIpc) is 2.54. The van der Waals surface area contributed by atoms with E-state index >= 15 is 0 Å². The SMILES string of the molecule is CC.COc1cscc1OC. The lowest BCUT2D eigenvalue weighted by Gasteiger charge is -1.98. The fourth-order valence-electron chi connectivity index (χ4n) is 0.571. The summed E-state index contributed by atoms with van der Waals surface area (Å²) >= 11 is 1.57. The lowest BCUT2D eigenvalue weighted by atomic mass is 10.5. The zero-order chi connectivity index (χ0) is 8.69. The third-order valence-electron chi connectivity index (χ3n) is 1.03. The Morgan fingerprint density at radius 3 is 1.64 bits per heavy atom. The molecule has 0 aliphatic carbocycles. The monoisotopic (exact) mass is 174 g/mol. The van der Waals surface area contributed by atoms with Crippen molar-refractivity contribution in [3.63, 3.8) is 0 Å². The lowest BCUT2D eigenvalue weighted by molar-refractivity contribution is 0.358. The van der Waals surface area contributed by atoms with Gasteiger partial charge in [0.15, 0.2) is 11.5 Å². The van der Waals surface area contributed by atoms with Crippen LogP contribution in [0.2, 0.25) is 0 Å². The fraction of sp³-hybridized carbons (Fsp3) is 0.500. The van der Waals surface area contributed by atoms with Gasteiger partial charge in [-0.25, -0.2) is 0 Å². The Bertz CT molecular complexity index is 165. The quantitative estimate of drug-likeness (QED) is 0.686. The first-order valence-electron chi connectivity index (χ1n) is 3.52. The van der Waals surface area contributed by atoms with Crippen LogP contribution in [0.15, 0.2) is 10.8 Å². The number of rotatable bonds is 2. The van der Waals surface area contributed by atoms with Gasteiger partial charge in [-0.15, -0.1) is 11.3 Å². The van der Waals surface area contributed by atoms with E-state index in [2.05, 4.69) is 0 Å². The van der Waals surface area contributed by atoms with Gasteiger partial charge in [0, 0.05) is 10.8 Å². The number of ether oxygens (including phenoxy) is 2. The molecule has 0 spiro atoms. The van der Waals surface area contributed by atoms with Crippen LogP contribution < -0.4 is 9.47 Å². The Kier molecular flexibility index (Phi) is 5.65. The third kappa shape index (κ3) is 2.80. The molecule has 0 aliphatic heterocycles. The van der Waals surface area contributed by atoms with Crippen LogP contribution in [0.5, 0.6) is 11.5 Å². The number of methoxy groups -OCH3 is 2. The molecule has 0 unspecified atom stereocenters. The van der Waals surface area contributed by atoms with E-state index < -0.39 is 0 Å². The molecule has 1 heterocycles. The van der Waals surface area contributed by atoms with Gasteiger partial charge < -0.3 is 9.47 Å². The summed E-state index contributed by atoms with van der Waals surface area (Å²) in [4.78, 5) is 0. The van der Waals surface area contributed by atoms with E-state index in [0.717, 1.165) is 11.5 Å². The van der Waals surface area contributed by atoms with E-state index in [1.807, 2.05) is 24.6 Å². The summed E-state index contributed by atoms with van der Waals surface area (Å²) in [5.74, 6) is 1.62. The summed E-state index contributed by atoms with van der Waals surface area (Å²) in [5, 5.41) is 3.80. The van der Waals surface area contributed by atoms with Crippen LogP contribution in [-0.2, 0) is 0 Å². The molecule has 0 aliphatic rings. The zero-order valence-corrected chi connectivity index (χ0v) is 8.20. The topological polar surface area (TPSA) is 18.5 Å². The highest BCUT2D eigenvalue weighted by molar-refractivity contribution is 7.08. The minimum Gasteiger partial charge on any atom is -0.492 e. The van der Waals surface area contributed by atoms with Crippen molar-refractivity contribution < 1.29 is 9.47 Å². The molecular formula is C8H14O2S. The largest absolute Gasteiger partial charge is 0.492 e. The summed E-state index contributed by atoms with van der Waals surface area (Å²) < 4.78 is 9.92. The molecule has 0 fully saturated rings. The Balaban J connectivity index is 0.000000461. The molecule has 0 atom stereocenters. The predicted octanol–water partition coefficient (Wildman–Crippen LogP) is 2.79. The van der Waals surface area contributed by atoms with Gasteiger partial charge in [-0.2, -0.15) is 0 Å². The molecular weight excluding hydrogens is 160 g/mol. The van der Waals surface area contributed by atoms with Crippen LogP contribution in [0.4, 0.5) is 0 Å². The molecule has 11 heavy (non-hydrogen) atoms. The van der Waals surface area contributed by atoms with Crippen molar-refractivity contribution in [2.75, 3.05) is 14.2 Å². The van der Waals surface area contributed by atoms with Crippen molar-refractivity contribution in [3.05, 3.63) is 10.8 Å². The highest BCUT2D eigenvalue weighted by Gasteiger charge is 2.00. The first-order chi connectivity index (χ1) is 5.38. The van der Waals surface area contributed by atoms with Crippen LogP contribution in [-0.4, -0.2) is 14.2 Å². The van der Waals surface area contributed by atoms with Crippen LogP contribution in [0, 0.1) is 0 Å².